The minimum Gasteiger partial charge on any atom is -0.383 e. The number of ether oxygens (including phenoxy) is 1. The van der Waals surface area contributed by atoms with E-state index in [0.29, 0.717) is 50.5 Å². The maximum Gasteiger partial charge on any atom is 0.317 e. The number of piperidine rings is 1. The Bertz CT molecular complexity index is 889. The highest BCUT2D eigenvalue weighted by molar-refractivity contribution is 7.89. The van der Waals surface area contributed by atoms with Gasteiger partial charge in [0.1, 0.15) is 0 Å². The fourth-order valence-corrected chi connectivity index (χ4v) is 5.55. The van der Waals surface area contributed by atoms with Crippen LogP contribution in [0.15, 0.2) is 24.3 Å². The van der Waals surface area contributed by atoms with Gasteiger partial charge in [-0.2, -0.15) is 4.31 Å². The number of benzene rings is 1. The first kappa shape index (κ1) is 28.4. The summed E-state index contributed by atoms with van der Waals surface area (Å²) in [5.74, 6) is -0.284. The van der Waals surface area contributed by atoms with Gasteiger partial charge in [0.05, 0.1) is 18.9 Å². The highest BCUT2D eigenvalue weighted by Gasteiger charge is 2.32. The summed E-state index contributed by atoms with van der Waals surface area (Å²) < 4.78 is 31.9. The Balaban J connectivity index is 2.21. The third-order valence-corrected chi connectivity index (χ3v) is 8.09. The minimum atomic E-state index is -3.58. The van der Waals surface area contributed by atoms with Crippen molar-refractivity contribution in [1.29, 1.82) is 0 Å². The molecule has 1 N–H and O–H groups in total. The van der Waals surface area contributed by atoms with Crippen LogP contribution < -0.4 is 5.32 Å². The van der Waals surface area contributed by atoms with Crippen molar-refractivity contribution in [2.75, 3.05) is 52.2 Å². The number of sulfonamides is 1. The lowest BCUT2D eigenvalue weighted by Crippen LogP contribution is -2.53. The van der Waals surface area contributed by atoms with E-state index in [4.69, 9.17) is 16.3 Å². The number of carbonyl (C=O) groups excluding carboxylic acids is 2. The topological polar surface area (TPSA) is 99.3 Å². The molecule has 3 amide bonds. The number of amides is 3. The van der Waals surface area contributed by atoms with Gasteiger partial charge in [0, 0.05) is 50.9 Å². The van der Waals surface area contributed by atoms with Crippen molar-refractivity contribution in [3.63, 3.8) is 0 Å². The summed E-state index contributed by atoms with van der Waals surface area (Å²) in [6.07, 6.45) is 1.71. The van der Waals surface area contributed by atoms with Crippen LogP contribution >= 0.6 is 11.6 Å². The third-order valence-electron chi connectivity index (χ3n) is 5.82. The van der Waals surface area contributed by atoms with Gasteiger partial charge in [-0.15, -0.1) is 0 Å². The number of nitrogens with one attached hydrogen (secondary N) is 1. The molecule has 0 radical (unpaired) electrons. The second-order valence-corrected chi connectivity index (χ2v) is 10.9. The normalized spacial score (nSPS) is 14.9. The van der Waals surface area contributed by atoms with Gasteiger partial charge >= 0.3 is 6.03 Å². The molecule has 0 bridgehead atoms. The van der Waals surface area contributed by atoms with Crippen LogP contribution in [0.1, 0.15) is 38.7 Å². The summed E-state index contributed by atoms with van der Waals surface area (Å²) in [6, 6.07) is 7.06. The maximum absolute atomic E-state index is 13.5. The third kappa shape index (κ3) is 8.41. The van der Waals surface area contributed by atoms with Crippen molar-refractivity contribution in [2.45, 2.75) is 45.7 Å². The van der Waals surface area contributed by atoms with Crippen molar-refractivity contribution in [3.8, 4) is 0 Å². The first-order valence-corrected chi connectivity index (χ1v) is 13.7. The average Bonchev–Trinajstić information content (AvgIpc) is 2.81. The van der Waals surface area contributed by atoms with Crippen molar-refractivity contribution in [1.82, 2.24) is 19.4 Å². The van der Waals surface area contributed by atoms with Crippen LogP contribution in [0, 0.1) is 0 Å². The molecule has 1 saturated heterocycles. The standard InChI is InChI=1S/C23H37ClN4O5S/c1-4-16-34(31,32)27(14-15-33-3)18-22(29)28(17-19-6-8-20(24)9-7-19)21-10-12-26(13-11-21)23(30)25-5-2/h6-9,21H,4-5,10-18H2,1-3H3,(H,25,30). The lowest BCUT2D eigenvalue weighted by atomic mass is 10.0. The van der Waals surface area contributed by atoms with Crippen LogP contribution in [0.3, 0.4) is 0 Å². The van der Waals surface area contributed by atoms with Gasteiger partial charge in [0.15, 0.2) is 0 Å². The summed E-state index contributed by atoms with van der Waals surface area (Å²) in [5, 5.41) is 3.42. The second kappa shape index (κ2) is 13.9. The number of likely N-dealkylation sites (tertiary alicyclic amines) is 1. The maximum atomic E-state index is 13.5. The molecule has 1 aliphatic heterocycles. The largest absolute Gasteiger partial charge is 0.383 e. The van der Waals surface area contributed by atoms with E-state index in [1.165, 1.54) is 11.4 Å². The molecule has 1 heterocycles. The molecule has 1 aliphatic rings. The van der Waals surface area contributed by atoms with Crippen LogP contribution in [0.5, 0.6) is 0 Å². The number of rotatable bonds is 12. The van der Waals surface area contributed by atoms with Crippen LogP contribution in [0.2, 0.25) is 5.02 Å². The quantitative estimate of drug-likeness (QED) is 0.460. The molecule has 0 saturated carbocycles. The van der Waals surface area contributed by atoms with E-state index < -0.39 is 10.0 Å². The number of carbonyl (C=O) groups is 2. The number of hydrogen-bond donors (Lipinski definition) is 1. The van der Waals surface area contributed by atoms with Crippen LogP contribution in [0.4, 0.5) is 4.79 Å². The van der Waals surface area contributed by atoms with E-state index in [1.807, 2.05) is 19.1 Å². The summed E-state index contributed by atoms with van der Waals surface area (Å²) in [7, 11) is -2.08. The molecule has 0 atom stereocenters. The van der Waals surface area contributed by atoms with Crippen LogP contribution in [-0.4, -0.2) is 92.7 Å². The van der Waals surface area contributed by atoms with Gasteiger partial charge < -0.3 is 19.9 Å². The predicted molar refractivity (Wildman–Crippen MR) is 133 cm³/mol. The van der Waals surface area contributed by atoms with E-state index in [-0.39, 0.29) is 43.4 Å². The summed E-state index contributed by atoms with van der Waals surface area (Å²) in [4.78, 5) is 29.2. The van der Waals surface area contributed by atoms with E-state index >= 15 is 0 Å². The van der Waals surface area contributed by atoms with Crippen molar-refractivity contribution < 1.29 is 22.7 Å². The Morgan fingerprint density at radius 3 is 2.38 bits per heavy atom. The number of hydrogen-bond acceptors (Lipinski definition) is 5. The Morgan fingerprint density at radius 2 is 1.82 bits per heavy atom. The molecule has 9 nitrogen and oxygen atoms in total. The summed E-state index contributed by atoms with van der Waals surface area (Å²) in [6.45, 7) is 5.72. The van der Waals surface area contributed by atoms with Crippen molar-refractivity contribution >= 4 is 33.6 Å². The van der Waals surface area contributed by atoms with Gasteiger partial charge in [-0.05, 0) is 43.9 Å². The molecular formula is C23H37ClN4O5S. The molecule has 192 valence electrons. The van der Waals surface area contributed by atoms with E-state index in [2.05, 4.69) is 5.32 Å². The number of halogens is 1. The van der Waals surface area contributed by atoms with E-state index in [9.17, 15) is 18.0 Å². The van der Waals surface area contributed by atoms with Gasteiger partial charge in [0.25, 0.3) is 0 Å². The molecule has 0 spiro atoms. The zero-order chi connectivity index (χ0) is 25.1. The monoisotopic (exact) mass is 516 g/mol. The molecular weight excluding hydrogens is 480 g/mol. The van der Waals surface area contributed by atoms with Crippen molar-refractivity contribution in [3.05, 3.63) is 34.9 Å². The number of nitrogens with zero attached hydrogens (tertiary/aromatic N) is 3. The van der Waals surface area contributed by atoms with Gasteiger partial charge in [-0.1, -0.05) is 30.7 Å². The molecule has 0 unspecified atom stereocenters. The second-order valence-electron chi connectivity index (χ2n) is 8.34. The predicted octanol–water partition coefficient (Wildman–Crippen LogP) is 2.55. The fraction of sp³-hybridized carbons (Fsp3) is 0.652. The van der Waals surface area contributed by atoms with Crippen LogP contribution in [-0.2, 0) is 26.1 Å². The highest BCUT2D eigenvalue weighted by Crippen LogP contribution is 2.21. The van der Waals surface area contributed by atoms with Gasteiger partial charge in [0.2, 0.25) is 15.9 Å². The Hall–Kier alpha value is -1.88. The SMILES string of the molecule is CCCS(=O)(=O)N(CCOC)CC(=O)N(Cc1ccc(Cl)cc1)C1CCN(C(=O)NCC)CC1. The summed E-state index contributed by atoms with van der Waals surface area (Å²) >= 11 is 6.02. The Morgan fingerprint density at radius 1 is 1.18 bits per heavy atom. The molecule has 11 heteroatoms. The number of methoxy groups -OCH3 is 1. The average molecular weight is 517 g/mol. The zero-order valence-corrected chi connectivity index (χ0v) is 21.9. The first-order valence-electron chi connectivity index (χ1n) is 11.7. The molecule has 2 rings (SSSR count). The number of urea groups is 1. The van der Waals surface area contributed by atoms with Gasteiger partial charge in [-0.25, -0.2) is 13.2 Å². The van der Waals surface area contributed by atoms with Crippen LogP contribution in [0.25, 0.3) is 0 Å². The molecule has 34 heavy (non-hydrogen) atoms. The highest BCUT2D eigenvalue weighted by atomic mass is 35.5. The van der Waals surface area contributed by atoms with E-state index in [0.717, 1.165) is 5.56 Å². The molecule has 1 aromatic carbocycles. The summed E-state index contributed by atoms with van der Waals surface area (Å²) in [5.41, 5.74) is 0.906. The van der Waals surface area contributed by atoms with Crippen molar-refractivity contribution in [2.24, 2.45) is 0 Å². The lowest BCUT2D eigenvalue weighted by Gasteiger charge is -2.39. The Labute approximate surface area is 208 Å². The zero-order valence-electron chi connectivity index (χ0n) is 20.3. The van der Waals surface area contributed by atoms with E-state index in [1.54, 1.807) is 28.9 Å². The lowest BCUT2D eigenvalue weighted by molar-refractivity contribution is -0.135. The molecule has 0 aromatic heterocycles. The minimum absolute atomic E-state index is 0.0217. The smallest absolute Gasteiger partial charge is 0.317 e. The molecule has 0 aliphatic carbocycles. The molecule has 1 fully saturated rings. The first-order chi connectivity index (χ1) is 16.2. The fourth-order valence-electron chi connectivity index (χ4n) is 3.99. The van der Waals surface area contributed by atoms with Gasteiger partial charge in [-0.3, -0.25) is 4.79 Å². The Kier molecular flexibility index (Phi) is 11.6. The molecule has 1 aromatic rings.